The molecule has 0 unspecified atom stereocenters. The molecule has 4 rings (SSSR count). The van der Waals surface area contributed by atoms with Gasteiger partial charge in [-0.25, -0.2) is 0 Å². The molecule has 6 nitrogen and oxygen atoms in total. The molecule has 1 aromatic heterocycles. The molecule has 0 bridgehead atoms. The van der Waals surface area contributed by atoms with Crippen LogP contribution in [0.5, 0.6) is 0 Å². The Labute approximate surface area is 177 Å². The Balaban J connectivity index is 1.62. The number of imide groups is 1. The molecule has 29 heavy (non-hydrogen) atoms. The van der Waals surface area contributed by atoms with E-state index in [2.05, 4.69) is 10.2 Å². The van der Waals surface area contributed by atoms with Gasteiger partial charge in [0, 0.05) is 18.5 Å². The first-order chi connectivity index (χ1) is 14.1. The van der Waals surface area contributed by atoms with Gasteiger partial charge in [0.05, 0.1) is 17.3 Å². The number of carbonyl (C=O) groups is 2. The normalized spacial score (nSPS) is 13.8. The number of amides is 2. The SMILES string of the molecule is O=C1CCCN1C(=O)CSc1nnc(-c2ccccc2Cl)n1Cc1ccccc1. The van der Waals surface area contributed by atoms with E-state index in [0.717, 1.165) is 17.5 Å². The molecule has 2 amide bonds. The van der Waals surface area contributed by atoms with Crippen LogP contribution in [0.1, 0.15) is 18.4 Å². The highest BCUT2D eigenvalue weighted by atomic mass is 35.5. The lowest BCUT2D eigenvalue weighted by molar-refractivity contribution is -0.140. The van der Waals surface area contributed by atoms with Crippen molar-refractivity contribution in [3.63, 3.8) is 0 Å². The highest BCUT2D eigenvalue weighted by molar-refractivity contribution is 7.99. The number of halogens is 1. The van der Waals surface area contributed by atoms with Crippen LogP contribution in [0, 0.1) is 0 Å². The van der Waals surface area contributed by atoms with Crippen LogP contribution in [0.4, 0.5) is 0 Å². The van der Waals surface area contributed by atoms with Crippen LogP contribution in [0.3, 0.4) is 0 Å². The summed E-state index contributed by atoms with van der Waals surface area (Å²) in [6.45, 7) is 1.05. The first-order valence-electron chi connectivity index (χ1n) is 9.31. The zero-order valence-corrected chi connectivity index (χ0v) is 17.2. The van der Waals surface area contributed by atoms with Crippen molar-refractivity contribution in [3.05, 3.63) is 65.2 Å². The number of benzene rings is 2. The van der Waals surface area contributed by atoms with Crippen molar-refractivity contribution in [1.82, 2.24) is 19.7 Å². The van der Waals surface area contributed by atoms with Gasteiger partial charge in [0.15, 0.2) is 11.0 Å². The van der Waals surface area contributed by atoms with E-state index in [1.165, 1.54) is 16.7 Å². The van der Waals surface area contributed by atoms with E-state index in [9.17, 15) is 9.59 Å². The Morgan fingerprint density at radius 1 is 1.07 bits per heavy atom. The van der Waals surface area contributed by atoms with Gasteiger partial charge in [-0.1, -0.05) is 65.8 Å². The molecule has 0 aliphatic carbocycles. The van der Waals surface area contributed by atoms with Crippen LogP contribution in [-0.4, -0.2) is 43.8 Å². The van der Waals surface area contributed by atoms with E-state index in [1.807, 2.05) is 59.2 Å². The maximum absolute atomic E-state index is 12.4. The third kappa shape index (κ3) is 4.36. The van der Waals surface area contributed by atoms with Gasteiger partial charge < -0.3 is 0 Å². The van der Waals surface area contributed by atoms with Crippen LogP contribution < -0.4 is 0 Å². The van der Waals surface area contributed by atoms with E-state index in [0.29, 0.717) is 35.5 Å². The van der Waals surface area contributed by atoms with Crippen molar-refractivity contribution in [2.75, 3.05) is 12.3 Å². The number of carbonyl (C=O) groups excluding carboxylic acids is 2. The first-order valence-corrected chi connectivity index (χ1v) is 10.7. The van der Waals surface area contributed by atoms with Crippen molar-refractivity contribution >= 4 is 35.2 Å². The van der Waals surface area contributed by atoms with Gasteiger partial charge in [-0.3, -0.25) is 19.1 Å². The van der Waals surface area contributed by atoms with Crippen LogP contribution in [0.2, 0.25) is 5.02 Å². The molecular weight excluding hydrogens is 408 g/mol. The fourth-order valence-corrected chi connectivity index (χ4v) is 4.30. The molecule has 2 aromatic carbocycles. The molecule has 1 fully saturated rings. The lowest BCUT2D eigenvalue weighted by atomic mass is 10.2. The summed E-state index contributed by atoms with van der Waals surface area (Å²) in [5.74, 6) is 0.497. The summed E-state index contributed by atoms with van der Waals surface area (Å²) >= 11 is 7.67. The summed E-state index contributed by atoms with van der Waals surface area (Å²) in [6, 6.07) is 17.4. The lowest BCUT2D eigenvalue weighted by Crippen LogP contribution is -2.33. The van der Waals surface area contributed by atoms with Gasteiger partial charge >= 0.3 is 0 Å². The summed E-state index contributed by atoms with van der Waals surface area (Å²) in [6.07, 6.45) is 1.17. The Morgan fingerprint density at radius 2 is 1.83 bits per heavy atom. The minimum atomic E-state index is -0.189. The highest BCUT2D eigenvalue weighted by Crippen LogP contribution is 2.30. The Bertz CT molecular complexity index is 1040. The topological polar surface area (TPSA) is 68.1 Å². The largest absolute Gasteiger partial charge is 0.297 e. The second kappa shape index (κ2) is 8.80. The fraction of sp³-hybridized carbons (Fsp3) is 0.238. The van der Waals surface area contributed by atoms with E-state index in [4.69, 9.17) is 11.6 Å². The zero-order chi connectivity index (χ0) is 20.2. The minimum absolute atomic E-state index is 0.0990. The van der Waals surface area contributed by atoms with E-state index in [1.54, 1.807) is 0 Å². The van der Waals surface area contributed by atoms with Crippen LogP contribution in [0.25, 0.3) is 11.4 Å². The summed E-state index contributed by atoms with van der Waals surface area (Å²) in [7, 11) is 0. The second-order valence-electron chi connectivity index (χ2n) is 6.69. The lowest BCUT2D eigenvalue weighted by Gasteiger charge is -2.14. The number of rotatable bonds is 6. The molecule has 0 atom stereocenters. The number of hydrogen-bond acceptors (Lipinski definition) is 5. The minimum Gasteiger partial charge on any atom is -0.297 e. The van der Waals surface area contributed by atoms with Gasteiger partial charge in [-0.15, -0.1) is 10.2 Å². The average Bonchev–Trinajstić information content (AvgIpc) is 3.34. The van der Waals surface area contributed by atoms with Crippen LogP contribution >= 0.6 is 23.4 Å². The van der Waals surface area contributed by atoms with Crippen LogP contribution in [-0.2, 0) is 16.1 Å². The number of hydrogen-bond donors (Lipinski definition) is 0. The Morgan fingerprint density at radius 3 is 2.55 bits per heavy atom. The summed E-state index contributed by atoms with van der Waals surface area (Å²) < 4.78 is 1.96. The summed E-state index contributed by atoms with van der Waals surface area (Å²) in [5.41, 5.74) is 1.87. The van der Waals surface area contributed by atoms with E-state index < -0.39 is 0 Å². The summed E-state index contributed by atoms with van der Waals surface area (Å²) in [5, 5.41) is 9.86. The quantitative estimate of drug-likeness (QED) is 0.559. The molecule has 1 aliphatic rings. The third-order valence-electron chi connectivity index (χ3n) is 4.71. The molecule has 0 N–H and O–H groups in total. The van der Waals surface area contributed by atoms with Crippen LogP contribution in [0.15, 0.2) is 59.8 Å². The van der Waals surface area contributed by atoms with E-state index >= 15 is 0 Å². The maximum Gasteiger partial charge on any atom is 0.239 e. The Kier molecular flexibility index (Phi) is 5.97. The van der Waals surface area contributed by atoms with Crippen molar-refractivity contribution in [3.8, 4) is 11.4 Å². The smallest absolute Gasteiger partial charge is 0.239 e. The summed E-state index contributed by atoms with van der Waals surface area (Å²) in [4.78, 5) is 25.6. The zero-order valence-electron chi connectivity index (χ0n) is 15.6. The monoisotopic (exact) mass is 426 g/mol. The van der Waals surface area contributed by atoms with Crippen molar-refractivity contribution in [2.45, 2.75) is 24.5 Å². The molecule has 8 heteroatoms. The highest BCUT2D eigenvalue weighted by Gasteiger charge is 2.27. The first kappa shape index (κ1) is 19.7. The molecule has 2 heterocycles. The second-order valence-corrected chi connectivity index (χ2v) is 8.04. The molecule has 3 aromatic rings. The Hall–Kier alpha value is -2.64. The molecule has 1 saturated heterocycles. The van der Waals surface area contributed by atoms with Gasteiger partial charge in [0.25, 0.3) is 0 Å². The van der Waals surface area contributed by atoms with Gasteiger partial charge in [0.1, 0.15) is 0 Å². The standard InChI is InChI=1S/C21H19ClN4O2S/c22-17-10-5-4-9-16(17)20-23-24-21(26(20)13-15-7-2-1-3-8-15)29-14-19(28)25-12-6-11-18(25)27/h1-5,7-10H,6,11-14H2. The molecule has 148 valence electrons. The van der Waals surface area contributed by atoms with Gasteiger partial charge in [-0.05, 0) is 24.1 Å². The number of nitrogens with zero attached hydrogens (tertiary/aromatic N) is 4. The number of aromatic nitrogens is 3. The maximum atomic E-state index is 12.4. The fourth-order valence-electron chi connectivity index (χ4n) is 3.26. The van der Waals surface area contributed by atoms with Gasteiger partial charge in [0.2, 0.25) is 11.8 Å². The molecule has 0 saturated carbocycles. The number of likely N-dealkylation sites (tertiary alicyclic amines) is 1. The van der Waals surface area contributed by atoms with Crippen molar-refractivity contribution in [1.29, 1.82) is 0 Å². The van der Waals surface area contributed by atoms with Crippen molar-refractivity contribution in [2.24, 2.45) is 0 Å². The molecular formula is C21H19ClN4O2S. The molecule has 0 spiro atoms. The van der Waals surface area contributed by atoms with E-state index in [-0.39, 0.29) is 17.6 Å². The van der Waals surface area contributed by atoms with Crippen molar-refractivity contribution < 1.29 is 9.59 Å². The number of thioether (sulfide) groups is 1. The molecule has 0 radical (unpaired) electrons. The molecule has 1 aliphatic heterocycles. The predicted molar refractivity (Wildman–Crippen MR) is 113 cm³/mol. The third-order valence-corrected chi connectivity index (χ3v) is 6.00. The predicted octanol–water partition coefficient (Wildman–Crippen LogP) is 3.89. The average molecular weight is 427 g/mol. The van der Waals surface area contributed by atoms with Gasteiger partial charge in [-0.2, -0.15) is 0 Å².